The molecule has 0 saturated carbocycles. The number of anilines is 1. The normalized spacial score (nSPS) is 8.90. The van der Waals surface area contributed by atoms with Gasteiger partial charge in [-0.05, 0) is 12.1 Å². The first-order valence-corrected chi connectivity index (χ1v) is 2.86. The molecule has 0 aliphatic rings. The van der Waals surface area contributed by atoms with Crippen molar-refractivity contribution >= 4 is 12.1 Å². The lowest BCUT2D eigenvalue weighted by Crippen LogP contribution is -2.13. The lowest BCUT2D eigenvalue weighted by molar-refractivity contribution is 0.554. The number of amides is 1. The Morgan fingerprint density at radius 3 is 3.00 bits per heavy atom. The third kappa shape index (κ3) is 1.31. The van der Waals surface area contributed by atoms with Gasteiger partial charge in [-0.2, -0.15) is 0 Å². The fourth-order valence-electron chi connectivity index (χ4n) is 0.605. The lowest BCUT2D eigenvalue weighted by Gasteiger charge is -2.06. The van der Waals surface area contributed by atoms with Crippen LogP contribution >= 0.6 is 0 Å². The summed E-state index contributed by atoms with van der Waals surface area (Å²) in [4.78, 5) is 15.3. The van der Waals surface area contributed by atoms with Crippen molar-refractivity contribution < 1.29 is 4.79 Å². The minimum absolute atomic E-state index is 0.748. The molecule has 0 atom stereocenters. The van der Waals surface area contributed by atoms with Crippen molar-refractivity contribution in [3.05, 3.63) is 24.5 Å². The molecule has 0 aliphatic carbocycles. The van der Waals surface area contributed by atoms with Crippen LogP contribution < -0.4 is 4.90 Å². The summed E-state index contributed by atoms with van der Waals surface area (Å²) in [6.45, 7) is 0. The summed E-state index contributed by atoms with van der Waals surface area (Å²) in [6, 6.07) is 3.56. The van der Waals surface area contributed by atoms with Gasteiger partial charge in [0.25, 0.3) is 0 Å². The Labute approximate surface area is 59.3 Å². The van der Waals surface area contributed by atoms with Gasteiger partial charge in [-0.3, -0.25) is 9.78 Å². The summed E-state index contributed by atoms with van der Waals surface area (Å²) in [6.07, 6.45) is 4.98. The molecule has 1 radical (unpaired) electrons. The molecule has 51 valence electrons. The van der Waals surface area contributed by atoms with Gasteiger partial charge in [0.2, 0.25) is 0 Å². The molecular formula is C7H7N2O. The molecule has 0 N–H and O–H groups in total. The van der Waals surface area contributed by atoms with E-state index in [1.165, 1.54) is 4.90 Å². The molecule has 1 rings (SSSR count). The molecule has 1 aromatic heterocycles. The van der Waals surface area contributed by atoms with E-state index in [-0.39, 0.29) is 0 Å². The maximum absolute atomic E-state index is 10.1. The van der Waals surface area contributed by atoms with E-state index in [1.807, 2.05) is 0 Å². The second-order valence-electron chi connectivity index (χ2n) is 1.86. The maximum Gasteiger partial charge on any atom is 0.316 e. The monoisotopic (exact) mass is 135 g/mol. The summed E-state index contributed by atoms with van der Waals surface area (Å²) in [5, 5.41) is 0. The number of hydrogen-bond acceptors (Lipinski definition) is 2. The van der Waals surface area contributed by atoms with Gasteiger partial charge in [0, 0.05) is 13.2 Å². The molecule has 0 aliphatic heterocycles. The summed E-state index contributed by atoms with van der Waals surface area (Å²) < 4.78 is 0. The van der Waals surface area contributed by atoms with E-state index in [4.69, 9.17) is 0 Å². The second kappa shape index (κ2) is 2.96. The smallest absolute Gasteiger partial charge is 0.306 e. The summed E-state index contributed by atoms with van der Waals surface area (Å²) >= 11 is 0. The minimum atomic E-state index is 0.748. The van der Waals surface area contributed by atoms with Gasteiger partial charge in [0.1, 0.15) is 0 Å². The molecule has 10 heavy (non-hydrogen) atoms. The lowest BCUT2D eigenvalue weighted by atomic mass is 10.4. The Morgan fingerprint density at radius 2 is 2.50 bits per heavy atom. The average molecular weight is 135 g/mol. The molecular weight excluding hydrogens is 128 g/mol. The van der Waals surface area contributed by atoms with Crippen molar-refractivity contribution in [3.63, 3.8) is 0 Å². The second-order valence-corrected chi connectivity index (χ2v) is 1.86. The summed E-state index contributed by atoms with van der Waals surface area (Å²) in [7, 11) is 1.63. The van der Waals surface area contributed by atoms with E-state index in [0.717, 1.165) is 5.69 Å². The third-order valence-corrected chi connectivity index (χ3v) is 1.17. The molecule has 3 heteroatoms. The quantitative estimate of drug-likeness (QED) is 0.556. The van der Waals surface area contributed by atoms with Crippen LogP contribution in [0.1, 0.15) is 0 Å². The van der Waals surface area contributed by atoms with Gasteiger partial charge in [0.05, 0.1) is 11.9 Å². The van der Waals surface area contributed by atoms with Gasteiger partial charge in [-0.25, -0.2) is 0 Å². The highest BCUT2D eigenvalue weighted by Gasteiger charge is 1.95. The number of carbonyl (C=O) groups excluding carboxylic acids is 1. The molecule has 0 aromatic carbocycles. The van der Waals surface area contributed by atoms with Crippen molar-refractivity contribution in [3.8, 4) is 0 Å². The summed E-state index contributed by atoms with van der Waals surface area (Å²) in [5.74, 6) is 0. The number of pyridine rings is 1. The Kier molecular flexibility index (Phi) is 1.99. The molecule has 1 heterocycles. The van der Waals surface area contributed by atoms with Gasteiger partial charge in [-0.15, -0.1) is 0 Å². The van der Waals surface area contributed by atoms with Crippen LogP contribution in [-0.2, 0) is 4.79 Å². The van der Waals surface area contributed by atoms with Gasteiger partial charge < -0.3 is 4.90 Å². The zero-order valence-corrected chi connectivity index (χ0v) is 5.61. The molecule has 0 saturated heterocycles. The predicted octanol–water partition coefficient (Wildman–Crippen LogP) is 0.585. The molecule has 0 spiro atoms. The van der Waals surface area contributed by atoms with Crippen LogP contribution in [0.15, 0.2) is 24.5 Å². The van der Waals surface area contributed by atoms with Gasteiger partial charge in [-0.1, -0.05) is 0 Å². The largest absolute Gasteiger partial charge is 0.316 e. The van der Waals surface area contributed by atoms with Crippen molar-refractivity contribution in [2.75, 3.05) is 11.9 Å². The first-order chi connectivity index (χ1) is 4.84. The van der Waals surface area contributed by atoms with Crippen LogP contribution in [0.5, 0.6) is 0 Å². The third-order valence-electron chi connectivity index (χ3n) is 1.17. The van der Waals surface area contributed by atoms with E-state index in [0.29, 0.717) is 0 Å². The Morgan fingerprint density at radius 1 is 1.70 bits per heavy atom. The molecule has 3 nitrogen and oxygen atoms in total. The molecule has 0 fully saturated rings. The molecule has 0 unspecified atom stereocenters. The highest BCUT2D eigenvalue weighted by atomic mass is 16.1. The van der Waals surface area contributed by atoms with Crippen molar-refractivity contribution in [1.82, 2.24) is 4.98 Å². The van der Waals surface area contributed by atoms with Crippen molar-refractivity contribution in [1.29, 1.82) is 0 Å². The van der Waals surface area contributed by atoms with E-state index >= 15 is 0 Å². The fraction of sp³-hybridized carbons (Fsp3) is 0.143. The number of rotatable bonds is 2. The number of hydrogen-bond donors (Lipinski definition) is 0. The van der Waals surface area contributed by atoms with Crippen LogP contribution in [-0.4, -0.2) is 18.4 Å². The first kappa shape index (κ1) is 6.74. The van der Waals surface area contributed by atoms with E-state index < -0.39 is 0 Å². The van der Waals surface area contributed by atoms with Crippen LogP contribution in [0.25, 0.3) is 0 Å². The maximum atomic E-state index is 10.1. The molecule has 1 aromatic rings. The SMILES string of the molecule is CN([C]=O)c1cccnc1. The van der Waals surface area contributed by atoms with E-state index in [1.54, 1.807) is 38.0 Å². The zero-order chi connectivity index (χ0) is 7.40. The molecule has 0 bridgehead atoms. The molecule has 1 amide bonds. The highest BCUT2D eigenvalue weighted by molar-refractivity contribution is 5.73. The number of nitrogens with zero attached hydrogens (tertiary/aromatic N) is 2. The van der Waals surface area contributed by atoms with Crippen LogP contribution in [0.4, 0.5) is 5.69 Å². The number of aromatic nitrogens is 1. The van der Waals surface area contributed by atoms with Crippen molar-refractivity contribution in [2.45, 2.75) is 0 Å². The highest BCUT2D eigenvalue weighted by Crippen LogP contribution is 2.05. The minimum Gasteiger partial charge on any atom is -0.306 e. The first-order valence-electron chi connectivity index (χ1n) is 2.86. The Hall–Kier alpha value is -1.38. The van der Waals surface area contributed by atoms with E-state index in [2.05, 4.69) is 4.98 Å². The van der Waals surface area contributed by atoms with Crippen LogP contribution in [0, 0.1) is 0 Å². The van der Waals surface area contributed by atoms with E-state index in [9.17, 15) is 4.79 Å². The van der Waals surface area contributed by atoms with Gasteiger partial charge in [0.15, 0.2) is 0 Å². The fourth-order valence-corrected chi connectivity index (χ4v) is 0.605. The topological polar surface area (TPSA) is 33.2 Å². The van der Waals surface area contributed by atoms with Crippen LogP contribution in [0.2, 0.25) is 0 Å². The van der Waals surface area contributed by atoms with Crippen LogP contribution in [0.3, 0.4) is 0 Å². The zero-order valence-electron chi connectivity index (χ0n) is 5.61. The summed E-state index contributed by atoms with van der Waals surface area (Å²) in [5.41, 5.74) is 0.748. The van der Waals surface area contributed by atoms with Gasteiger partial charge >= 0.3 is 6.41 Å². The Balaban J connectivity index is 2.84. The average Bonchev–Trinajstić information content (AvgIpc) is 2.05. The Bertz CT molecular complexity index is 210. The predicted molar refractivity (Wildman–Crippen MR) is 38.3 cm³/mol. The van der Waals surface area contributed by atoms with Crippen molar-refractivity contribution in [2.24, 2.45) is 0 Å². The standard InChI is InChI=1S/C7H7N2O/c1-9(6-10)7-3-2-4-8-5-7/h2-5H,1H3.